The van der Waals surface area contributed by atoms with Crippen molar-refractivity contribution in [1.82, 2.24) is 24.5 Å². The fraction of sp³-hybridized carbons (Fsp3) is 0.392. The van der Waals surface area contributed by atoms with E-state index in [1.54, 1.807) is 13.2 Å². The molecule has 8 heterocycles. The van der Waals surface area contributed by atoms with Crippen LogP contribution in [0, 0.1) is 0 Å². The van der Waals surface area contributed by atoms with Gasteiger partial charge in [0.2, 0.25) is 0 Å². The van der Waals surface area contributed by atoms with Crippen molar-refractivity contribution in [3.8, 4) is 5.75 Å². The van der Waals surface area contributed by atoms with Crippen molar-refractivity contribution in [3.05, 3.63) is 222 Å². The van der Waals surface area contributed by atoms with E-state index in [0.717, 1.165) is 129 Å². The normalized spacial score (nSPS) is 20.8. The van der Waals surface area contributed by atoms with Gasteiger partial charge in [0.1, 0.15) is 29.6 Å². The molecule has 6 unspecified atom stereocenters. The number of hydrogen-bond donors (Lipinski definition) is 0. The van der Waals surface area contributed by atoms with Crippen LogP contribution in [0.5, 0.6) is 5.75 Å². The Balaban J connectivity index is 0.000000166. The van der Waals surface area contributed by atoms with Crippen molar-refractivity contribution in [3.63, 3.8) is 0 Å². The van der Waals surface area contributed by atoms with E-state index in [4.69, 9.17) is 58.3 Å². The van der Waals surface area contributed by atoms with Gasteiger partial charge in [0.15, 0.2) is 0 Å². The third-order valence-electron chi connectivity index (χ3n) is 25.6. The van der Waals surface area contributed by atoms with Crippen LogP contribution in [0.2, 0.25) is 0 Å². The van der Waals surface area contributed by atoms with Gasteiger partial charge in [-0.1, -0.05) is 236 Å². The van der Waals surface area contributed by atoms with Gasteiger partial charge in [0.05, 0.1) is 70.9 Å². The fourth-order valence-corrected chi connectivity index (χ4v) is 24.3. The Morgan fingerprint density at radius 2 is 0.785 bits per heavy atom. The number of carboxylic acid groups (broad SMARTS) is 3. The van der Waals surface area contributed by atoms with Crippen molar-refractivity contribution < 1.29 is 195 Å². The van der Waals surface area contributed by atoms with Gasteiger partial charge in [-0.25, -0.2) is 0 Å². The first-order chi connectivity index (χ1) is 63.8. The number of nitrogens with zero attached hydrogens (tertiary/aromatic N) is 9. The average Bonchev–Trinajstić information content (AvgIpc) is 1.60. The van der Waals surface area contributed by atoms with Crippen molar-refractivity contribution in [2.75, 3.05) is 92.7 Å². The Morgan fingerprint density at radius 3 is 1.20 bits per heavy atom. The van der Waals surface area contributed by atoms with Crippen LogP contribution in [0.4, 0.5) is 39.8 Å². The number of para-hydroxylation sites is 2. The van der Waals surface area contributed by atoms with E-state index < -0.39 is 43.5 Å². The summed E-state index contributed by atoms with van der Waals surface area (Å²) in [6.45, 7) is 12.4. The van der Waals surface area contributed by atoms with Crippen LogP contribution in [0.1, 0.15) is 206 Å². The zero-order valence-electron chi connectivity index (χ0n) is 78.2. The van der Waals surface area contributed by atoms with Crippen LogP contribution in [0.25, 0.3) is 24.3 Å². The molecule has 6 atom stereocenters. The molecule has 8 aliphatic heterocycles. The first kappa shape index (κ1) is 110. The second kappa shape index (κ2) is 52.3. The van der Waals surface area contributed by atoms with Gasteiger partial charge in [0.25, 0.3) is 23.6 Å². The Morgan fingerprint density at radius 1 is 0.430 bits per heavy atom. The number of carbonyl (C=O) groups is 8. The number of hydrogen-bond acceptors (Lipinski definition) is 26. The molecule has 135 heavy (non-hydrogen) atoms. The number of thiocarbonyl (C=S) groups is 4. The summed E-state index contributed by atoms with van der Waals surface area (Å²) in [4.78, 5) is 114. The summed E-state index contributed by atoms with van der Waals surface area (Å²) in [6, 6.07) is 55.6. The van der Waals surface area contributed by atoms with E-state index in [1.807, 2.05) is 79.7 Å². The Bertz CT molecular complexity index is 5660. The number of carboxylic acids is 3. The Labute approximate surface area is 938 Å². The maximum absolute atomic E-state index is 13.0. The third kappa shape index (κ3) is 27.0. The monoisotopic (exact) mass is 2030 g/mol. The number of rotatable bonds is 28. The fourth-order valence-electron chi connectivity index (χ4n) is 19.2. The summed E-state index contributed by atoms with van der Waals surface area (Å²) in [5.41, 5.74) is 17.5. The smallest absolute Gasteiger partial charge is 0.548 e. The summed E-state index contributed by atoms with van der Waals surface area (Å²) in [5, 5.41) is 32.5. The molecule has 0 N–H and O–H groups in total. The number of esters is 1. The molecular weight excluding hydrogens is 1920 g/mol. The van der Waals surface area contributed by atoms with E-state index in [2.05, 4.69) is 155 Å². The standard InChI is InChI=1S/C28H30N2O4S2.C23H20N2O3S2.C20H16N2O3S2.C19H20N2O3S2.C12H27N.2K.Na/c1-3-4-14-34-26(31)17-29-27(32)25(36-28(29)35)16-18-8-13-24-22(15-18)21-6-5-7-23(21)30(24)19-9-11-20(33-2)12-10-19;26-21(27)13-24-22(28)20(30-23(24)29)12-14-9-10-19-17(11-14)16-7-4-8-18(16)25(19)15-5-2-1-3-6-15;23-18(24)12-22-19(25)17(27-20(22)26)11-13-6-7-16-14(10-13)8-9-21(16)15-4-2-1-3-5-15;1-20-14-5-3-2-4-12(14)13-8-11(6-7-15(13)20)9-16-18(24)21(10-17(22)23)19(25)26-16;1-4-7-10-13(11-8-5-2)12-9-6-3;;;/h8-13,15-16,21,23H,3-7,14,17H2,1-2H3;1-3,5-6,9-12,16,18H,4,7-8,13H2,(H,26,27);1-7,10-11H,8-9,12H2,(H,23,24);6-9,12,14H,2-5,10H2,1H3,(H,22,23);4-12H2,1-3H3;;;/q;;;;;3*+1/p-3/b25-16-;20-12-;17-11-;16-9-;;;;. The van der Waals surface area contributed by atoms with Gasteiger partial charge >= 0.3 is 138 Å². The van der Waals surface area contributed by atoms with Gasteiger partial charge < -0.3 is 63.7 Å². The Kier molecular flexibility index (Phi) is 42.5. The molecule has 0 bridgehead atoms. The molecule has 22 nitrogen and oxygen atoms in total. The zero-order chi connectivity index (χ0) is 93.4. The quantitative estimate of drug-likeness (QED) is 0.0146. The molecule has 0 radical (unpaired) electrons. The molecule has 0 spiro atoms. The third-order valence-corrected chi connectivity index (χ3v) is 31.1. The van der Waals surface area contributed by atoms with Gasteiger partial charge in [-0.05, 0) is 256 Å². The second-order valence-electron chi connectivity index (χ2n) is 34.3. The number of amides is 4. The first-order valence-electron chi connectivity index (χ1n) is 45.7. The number of fused-ring (bicyclic) bond motifs is 10. The van der Waals surface area contributed by atoms with Crippen LogP contribution in [0.3, 0.4) is 0 Å². The van der Waals surface area contributed by atoms with Gasteiger partial charge in [-0.15, -0.1) is 0 Å². The Hall–Kier alpha value is -5.75. The van der Waals surface area contributed by atoms with Crippen LogP contribution < -0.4 is 172 Å². The van der Waals surface area contributed by atoms with E-state index in [-0.39, 0.29) is 175 Å². The van der Waals surface area contributed by atoms with Crippen LogP contribution in [-0.4, -0.2) is 181 Å². The number of thioether (sulfide) groups is 4. The van der Waals surface area contributed by atoms with E-state index in [9.17, 15) is 53.7 Å². The second-order valence-corrected chi connectivity index (χ2v) is 41.0. The largest absolute Gasteiger partial charge is 1.00 e. The summed E-state index contributed by atoms with van der Waals surface area (Å²) >= 11 is 25.4. The number of methoxy groups -OCH3 is 1. The predicted octanol–water partition coefficient (Wildman–Crippen LogP) is 8.60. The summed E-state index contributed by atoms with van der Waals surface area (Å²) < 4.78 is 11.7. The maximum Gasteiger partial charge on any atom is 1.00 e. The minimum Gasteiger partial charge on any atom is -0.548 e. The van der Waals surface area contributed by atoms with Crippen LogP contribution in [0.15, 0.2) is 177 Å². The molecule has 7 fully saturated rings. The number of aliphatic carboxylic acids is 3. The van der Waals surface area contributed by atoms with Crippen LogP contribution in [-0.2, 0) is 49.5 Å². The molecule has 4 saturated heterocycles. The van der Waals surface area contributed by atoms with Gasteiger partial charge in [-0.2, -0.15) is 0 Å². The SMILES string of the molecule is CCCCN(CCCC)CCCC.CCCCOC(=O)CN1C(=O)/C(=C/c2ccc3c(c2)C2CCCC2N3c2ccc(OC)cc2)SC1=S.CN1c2ccc(/C=C3\SC(=S)N(CC(=O)[O-])C3=O)cc2C2CCCCC21.O=C([O-])CN1C(=O)/C(=C/c2ccc3c(c2)C2CCCC2N3c2ccccc2)SC1=S.O=C([O-])CN1C(=O)/C(=C/c2ccc3c(c2)CCN3c2ccccc2)SC1=S.[K+].[K+].[Na+]. The van der Waals surface area contributed by atoms with Gasteiger partial charge in [0, 0.05) is 89.3 Å². The zero-order valence-corrected chi connectivity index (χ0v) is 93.0. The molecular formula is C102H110K2N9NaO13S8. The van der Waals surface area contributed by atoms with Crippen molar-refractivity contribution in [1.29, 1.82) is 0 Å². The van der Waals surface area contributed by atoms with Gasteiger partial charge in [-0.3, -0.25) is 43.6 Å². The number of likely N-dealkylation sites (N-methyl/N-ethyl adjacent to an activating group) is 1. The molecule has 33 heteroatoms. The molecule has 7 aromatic carbocycles. The van der Waals surface area contributed by atoms with E-state index in [0.29, 0.717) is 66.4 Å². The average molecular weight is 2030 g/mol. The molecule has 0 aromatic heterocycles. The summed E-state index contributed by atoms with van der Waals surface area (Å²) in [6.07, 6.45) is 30.1. The molecule has 692 valence electrons. The number of ether oxygens (including phenoxy) is 2. The number of anilines is 7. The minimum atomic E-state index is -1.33. The number of benzene rings is 7. The molecule has 11 aliphatic rings. The van der Waals surface area contributed by atoms with Crippen LogP contribution >= 0.6 is 95.9 Å². The van der Waals surface area contributed by atoms with Crippen molar-refractivity contribution >= 4 is 225 Å². The molecule has 7 aromatic rings. The summed E-state index contributed by atoms with van der Waals surface area (Å²) in [5.74, 6) is -3.38. The first-order valence-corrected chi connectivity index (χ1v) is 50.6. The predicted molar refractivity (Wildman–Crippen MR) is 542 cm³/mol. The minimum absolute atomic E-state index is 0. The topological polar surface area (TPSA) is 253 Å². The van der Waals surface area contributed by atoms with Crippen molar-refractivity contribution in [2.45, 2.75) is 186 Å². The summed E-state index contributed by atoms with van der Waals surface area (Å²) in [7, 11) is 3.85. The molecule has 4 amide bonds. The number of unbranched alkanes of at least 4 members (excludes halogenated alkanes) is 4. The number of carbonyl (C=O) groups excluding carboxylic acids is 8. The molecule has 3 saturated carbocycles. The molecule has 18 rings (SSSR count). The van der Waals surface area contributed by atoms with E-state index in [1.165, 1.54) is 176 Å². The van der Waals surface area contributed by atoms with E-state index >= 15 is 0 Å². The van der Waals surface area contributed by atoms with Crippen molar-refractivity contribution in [2.24, 2.45) is 0 Å². The molecule has 3 aliphatic carbocycles. The maximum atomic E-state index is 13.0.